The second-order valence-electron chi connectivity index (χ2n) is 2.68. The molecule has 0 saturated heterocycles. The Hall–Kier alpha value is -0.970. The van der Waals surface area contributed by atoms with E-state index in [1.807, 2.05) is 0 Å². The van der Waals surface area contributed by atoms with Gasteiger partial charge in [-0.15, -0.1) is 0 Å². The summed E-state index contributed by atoms with van der Waals surface area (Å²) in [6, 6.07) is 3.03. The first-order valence-electron chi connectivity index (χ1n) is 3.77. The third-order valence-corrected chi connectivity index (χ3v) is 3.12. The van der Waals surface area contributed by atoms with Gasteiger partial charge in [-0.1, -0.05) is 6.07 Å². The van der Waals surface area contributed by atoms with Crippen LogP contribution in [0.15, 0.2) is 23.4 Å². The van der Waals surface area contributed by atoms with E-state index < -0.39 is 22.3 Å². The Morgan fingerprint density at radius 3 is 2.62 bits per heavy atom. The lowest BCUT2D eigenvalue weighted by atomic mass is 10.3. The van der Waals surface area contributed by atoms with Gasteiger partial charge in [0.1, 0.15) is 6.67 Å². The van der Waals surface area contributed by atoms with Gasteiger partial charge in [0.15, 0.2) is 14.9 Å². The first-order valence-corrected chi connectivity index (χ1v) is 5.43. The van der Waals surface area contributed by atoms with Crippen LogP contribution in [0.2, 0.25) is 0 Å². The van der Waals surface area contributed by atoms with Crippen LogP contribution in [-0.4, -0.2) is 25.8 Å². The van der Waals surface area contributed by atoms with Crippen molar-refractivity contribution in [3.63, 3.8) is 0 Å². The highest BCUT2D eigenvalue weighted by atomic mass is 32.2. The van der Waals surface area contributed by atoms with E-state index in [1.54, 1.807) is 13.0 Å². The van der Waals surface area contributed by atoms with E-state index in [9.17, 15) is 12.8 Å². The van der Waals surface area contributed by atoms with Crippen molar-refractivity contribution in [2.24, 2.45) is 0 Å². The van der Waals surface area contributed by atoms with Crippen molar-refractivity contribution in [3.8, 4) is 0 Å². The minimum atomic E-state index is -3.51. The van der Waals surface area contributed by atoms with Gasteiger partial charge in [-0.25, -0.2) is 17.8 Å². The van der Waals surface area contributed by atoms with Gasteiger partial charge in [0, 0.05) is 6.20 Å². The lowest BCUT2D eigenvalue weighted by Crippen LogP contribution is -2.09. The summed E-state index contributed by atoms with van der Waals surface area (Å²) in [6.45, 7) is 0.927. The first-order chi connectivity index (χ1) is 6.06. The molecule has 1 heterocycles. The van der Waals surface area contributed by atoms with Crippen molar-refractivity contribution in [1.29, 1.82) is 0 Å². The molecule has 0 amide bonds. The summed E-state index contributed by atoms with van der Waals surface area (Å²) in [5.41, 5.74) is 0.874. The highest BCUT2D eigenvalue weighted by molar-refractivity contribution is 7.91. The highest BCUT2D eigenvalue weighted by Crippen LogP contribution is 2.07. The monoisotopic (exact) mass is 203 g/mol. The van der Waals surface area contributed by atoms with Gasteiger partial charge in [-0.2, -0.15) is 0 Å². The molecule has 0 unspecified atom stereocenters. The first kappa shape index (κ1) is 10.1. The maximum absolute atomic E-state index is 11.8. The molecule has 0 aromatic carbocycles. The van der Waals surface area contributed by atoms with Gasteiger partial charge in [-0.05, 0) is 18.6 Å². The molecule has 1 rings (SSSR count). The highest BCUT2D eigenvalue weighted by Gasteiger charge is 2.14. The minimum Gasteiger partial charge on any atom is -0.250 e. The van der Waals surface area contributed by atoms with E-state index in [1.165, 1.54) is 12.3 Å². The second-order valence-corrected chi connectivity index (χ2v) is 4.74. The summed E-state index contributed by atoms with van der Waals surface area (Å²) in [5.74, 6) is -0.497. The molecule has 0 aliphatic rings. The van der Waals surface area contributed by atoms with Gasteiger partial charge in [0.25, 0.3) is 0 Å². The predicted molar refractivity (Wildman–Crippen MR) is 47.0 cm³/mol. The number of hydrogen-bond donors (Lipinski definition) is 0. The molecule has 5 heteroatoms. The zero-order valence-electron chi connectivity index (χ0n) is 7.20. The number of halogens is 1. The summed E-state index contributed by atoms with van der Waals surface area (Å²) in [4.78, 5) is 3.71. The third-order valence-electron chi connectivity index (χ3n) is 1.55. The largest absolute Gasteiger partial charge is 0.250 e. The van der Waals surface area contributed by atoms with Crippen LogP contribution in [0.25, 0.3) is 0 Å². The van der Waals surface area contributed by atoms with Crippen molar-refractivity contribution in [3.05, 3.63) is 23.9 Å². The van der Waals surface area contributed by atoms with E-state index in [2.05, 4.69) is 4.98 Å². The molecule has 3 nitrogen and oxygen atoms in total. The van der Waals surface area contributed by atoms with Crippen molar-refractivity contribution in [2.75, 3.05) is 12.4 Å². The van der Waals surface area contributed by atoms with Crippen LogP contribution < -0.4 is 0 Å². The number of pyridine rings is 1. The van der Waals surface area contributed by atoms with Crippen LogP contribution in [0.1, 0.15) is 5.56 Å². The minimum absolute atomic E-state index is 0.0595. The van der Waals surface area contributed by atoms with E-state index in [0.717, 1.165) is 5.56 Å². The maximum atomic E-state index is 11.8. The zero-order chi connectivity index (χ0) is 9.90. The normalized spacial score (nSPS) is 11.5. The topological polar surface area (TPSA) is 47.0 Å². The van der Waals surface area contributed by atoms with E-state index >= 15 is 0 Å². The van der Waals surface area contributed by atoms with Crippen LogP contribution in [0.4, 0.5) is 4.39 Å². The predicted octanol–water partition coefficient (Wildman–Crippen LogP) is 1.13. The summed E-state index contributed by atoms with van der Waals surface area (Å²) < 4.78 is 34.3. The van der Waals surface area contributed by atoms with Crippen LogP contribution in [0.3, 0.4) is 0 Å². The molecule has 0 bridgehead atoms. The quantitative estimate of drug-likeness (QED) is 0.740. The lowest BCUT2D eigenvalue weighted by molar-refractivity contribution is 0.516. The van der Waals surface area contributed by atoms with Crippen molar-refractivity contribution in [1.82, 2.24) is 4.98 Å². The smallest absolute Gasteiger partial charge is 0.198 e. The fourth-order valence-corrected chi connectivity index (χ4v) is 1.75. The molecule has 13 heavy (non-hydrogen) atoms. The number of nitrogens with zero attached hydrogens (tertiary/aromatic N) is 1. The molecule has 1 aromatic rings. The molecule has 0 spiro atoms. The van der Waals surface area contributed by atoms with E-state index in [4.69, 9.17) is 0 Å². The third kappa shape index (κ3) is 2.48. The zero-order valence-corrected chi connectivity index (χ0v) is 8.01. The molecule has 0 saturated carbocycles. The number of hydrogen-bond acceptors (Lipinski definition) is 3. The summed E-state index contributed by atoms with van der Waals surface area (Å²) >= 11 is 0. The van der Waals surface area contributed by atoms with Gasteiger partial charge in [0.2, 0.25) is 0 Å². The Balaban J connectivity index is 3.02. The van der Waals surface area contributed by atoms with E-state index in [0.29, 0.717) is 0 Å². The summed E-state index contributed by atoms with van der Waals surface area (Å²) in [5, 5.41) is -0.0595. The fourth-order valence-electron chi connectivity index (χ4n) is 0.844. The average Bonchev–Trinajstić information content (AvgIpc) is 2.05. The lowest BCUT2D eigenvalue weighted by Gasteiger charge is -2.00. The Morgan fingerprint density at radius 2 is 2.15 bits per heavy atom. The molecule has 0 aliphatic carbocycles. The van der Waals surface area contributed by atoms with Crippen LogP contribution in [0.5, 0.6) is 0 Å². The molecule has 0 radical (unpaired) electrons. The van der Waals surface area contributed by atoms with Crippen molar-refractivity contribution < 1.29 is 12.8 Å². The number of sulfone groups is 1. The van der Waals surface area contributed by atoms with Crippen molar-refractivity contribution in [2.45, 2.75) is 11.9 Å². The molecule has 0 atom stereocenters. The van der Waals surface area contributed by atoms with Crippen LogP contribution >= 0.6 is 0 Å². The Labute approximate surface area is 76.5 Å². The average molecular weight is 203 g/mol. The molecular formula is C8H10FNO2S. The molecule has 0 fully saturated rings. The summed E-state index contributed by atoms with van der Waals surface area (Å²) in [7, 11) is -3.51. The molecular weight excluding hydrogens is 193 g/mol. The van der Waals surface area contributed by atoms with Gasteiger partial charge < -0.3 is 0 Å². The number of aromatic nitrogens is 1. The Morgan fingerprint density at radius 1 is 1.46 bits per heavy atom. The SMILES string of the molecule is Cc1ccc(S(=O)(=O)CCF)nc1. The number of alkyl halides is 1. The molecule has 0 aliphatic heterocycles. The maximum Gasteiger partial charge on any atom is 0.198 e. The fraction of sp³-hybridized carbons (Fsp3) is 0.375. The number of aryl methyl sites for hydroxylation is 1. The van der Waals surface area contributed by atoms with Gasteiger partial charge in [0.05, 0.1) is 5.75 Å². The molecule has 0 N–H and O–H groups in total. The standard InChI is InChI=1S/C8H10FNO2S/c1-7-2-3-8(10-6-7)13(11,12)5-4-9/h2-3,6H,4-5H2,1H3. The molecule has 72 valence electrons. The Bertz CT molecular complexity index is 372. The van der Waals surface area contributed by atoms with Gasteiger partial charge in [-0.3, -0.25) is 0 Å². The number of rotatable bonds is 3. The van der Waals surface area contributed by atoms with Crippen LogP contribution in [-0.2, 0) is 9.84 Å². The second kappa shape index (κ2) is 3.83. The van der Waals surface area contributed by atoms with E-state index in [-0.39, 0.29) is 5.03 Å². The van der Waals surface area contributed by atoms with Crippen LogP contribution in [0, 0.1) is 6.92 Å². The van der Waals surface area contributed by atoms with Crippen molar-refractivity contribution >= 4 is 9.84 Å². The Kier molecular flexibility index (Phi) is 2.98. The summed E-state index contributed by atoms with van der Waals surface area (Å²) in [6.07, 6.45) is 1.45. The van der Waals surface area contributed by atoms with Gasteiger partial charge >= 0.3 is 0 Å². The molecule has 1 aromatic heterocycles.